The number of ether oxygens (including phenoxy) is 1. The maximum absolute atomic E-state index is 13.7. The molecular formula is C28H42N4O5. The van der Waals surface area contributed by atoms with E-state index in [9.17, 15) is 19.6 Å². The van der Waals surface area contributed by atoms with Crippen molar-refractivity contribution in [1.29, 1.82) is 0 Å². The lowest BCUT2D eigenvalue weighted by atomic mass is 9.84. The van der Waals surface area contributed by atoms with Gasteiger partial charge in [-0.25, -0.2) is 5.48 Å². The number of hydroxylamine groups is 1. The molecule has 2 aromatic rings. The molecule has 0 bridgehead atoms. The van der Waals surface area contributed by atoms with Crippen LogP contribution in [0.4, 0.5) is 0 Å². The molecule has 0 aromatic heterocycles. The molecule has 0 heterocycles. The molecule has 0 aliphatic carbocycles. The summed E-state index contributed by atoms with van der Waals surface area (Å²) in [4.78, 5) is 41.4. The number of carbonyl (C=O) groups is 3. The first-order chi connectivity index (χ1) is 17.5. The van der Waals surface area contributed by atoms with Crippen LogP contribution < -0.4 is 16.1 Å². The van der Waals surface area contributed by atoms with Crippen LogP contribution in [0.2, 0.25) is 0 Å². The van der Waals surface area contributed by atoms with E-state index >= 15 is 0 Å². The molecule has 4 N–H and O–H groups in total. The van der Waals surface area contributed by atoms with Crippen molar-refractivity contribution in [2.75, 3.05) is 33.8 Å². The van der Waals surface area contributed by atoms with Crippen LogP contribution in [-0.4, -0.2) is 73.8 Å². The third kappa shape index (κ3) is 9.10. The van der Waals surface area contributed by atoms with Gasteiger partial charge in [-0.3, -0.25) is 19.6 Å². The molecule has 0 aliphatic rings. The number of nitrogens with zero attached hydrogens (tertiary/aromatic N) is 1. The van der Waals surface area contributed by atoms with Gasteiger partial charge in [0.05, 0.1) is 5.92 Å². The Morgan fingerprint density at radius 2 is 1.68 bits per heavy atom. The molecule has 0 saturated carbocycles. The Hall–Kier alpha value is -3.01. The second kappa shape index (κ2) is 14.1. The van der Waals surface area contributed by atoms with E-state index in [4.69, 9.17) is 4.74 Å². The Labute approximate surface area is 219 Å². The topological polar surface area (TPSA) is 120 Å². The zero-order valence-electron chi connectivity index (χ0n) is 22.8. The van der Waals surface area contributed by atoms with Crippen molar-refractivity contribution in [3.8, 4) is 0 Å². The fraction of sp³-hybridized carbons (Fsp3) is 0.536. The highest BCUT2D eigenvalue weighted by molar-refractivity contribution is 5.93. The van der Waals surface area contributed by atoms with E-state index in [2.05, 4.69) is 10.6 Å². The van der Waals surface area contributed by atoms with Crippen molar-refractivity contribution in [2.24, 2.45) is 11.3 Å². The Balaban J connectivity index is 2.38. The highest BCUT2D eigenvalue weighted by Crippen LogP contribution is 2.24. The maximum atomic E-state index is 13.7. The largest absolute Gasteiger partial charge is 0.367 e. The number of amides is 3. The first kappa shape index (κ1) is 30.2. The average molecular weight is 515 g/mol. The SMILES string of the molecule is CCCO[C@H](C(=O)NO)[C@@H](Cc1ccc2ccccc2c1)C(=O)N[C@H](C(=O)NCCN(C)C)C(C)(C)C. The molecule has 0 radical (unpaired) electrons. The van der Waals surface area contributed by atoms with Gasteiger partial charge in [0.15, 0.2) is 0 Å². The summed E-state index contributed by atoms with van der Waals surface area (Å²) in [7, 11) is 3.82. The molecule has 204 valence electrons. The predicted octanol–water partition coefficient (Wildman–Crippen LogP) is 2.51. The highest BCUT2D eigenvalue weighted by atomic mass is 16.5. The van der Waals surface area contributed by atoms with Crippen LogP contribution >= 0.6 is 0 Å². The Morgan fingerprint density at radius 1 is 1.00 bits per heavy atom. The predicted molar refractivity (Wildman–Crippen MR) is 144 cm³/mol. The molecule has 0 unspecified atom stereocenters. The first-order valence-electron chi connectivity index (χ1n) is 12.7. The molecule has 9 nitrogen and oxygen atoms in total. The molecule has 2 rings (SSSR count). The summed E-state index contributed by atoms with van der Waals surface area (Å²) in [5.41, 5.74) is 1.88. The minimum absolute atomic E-state index is 0.178. The van der Waals surface area contributed by atoms with E-state index in [0.717, 1.165) is 16.3 Å². The quantitative estimate of drug-likeness (QED) is 0.241. The number of rotatable bonds is 13. The van der Waals surface area contributed by atoms with Crippen LogP contribution in [0.1, 0.15) is 39.7 Å². The number of benzene rings is 2. The van der Waals surface area contributed by atoms with Gasteiger partial charge in [0.25, 0.3) is 5.91 Å². The van der Waals surface area contributed by atoms with Gasteiger partial charge >= 0.3 is 0 Å². The third-order valence-electron chi connectivity index (χ3n) is 6.11. The lowest BCUT2D eigenvalue weighted by Gasteiger charge is -2.33. The highest BCUT2D eigenvalue weighted by Gasteiger charge is 2.39. The molecule has 9 heteroatoms. The Kier molecular flexibility index (Phi) is 11.5. The number of nitrogens with one attached hydrogen (secondary N) is 3. The standard InChI is InChI=1S/C28H42N4O5/c1-7-16-37-23(26(34)31-36)22(18-19-12-13-20-10-8-9-11-21(20)17-19)25(33)30-24(28(2,3)4)27(35)29-14-15-32(5)6/h8-13,17,22-24,36H,7,14-16,18H2,1-6H3,(H,29,35)(H,30,33)(H,31,34)/t22-,23+,24-/m1/s1. The van der Waals surface area contributed by atoms with E-state index in [1.54, 1.807) is 5.48 Å². The van der Waals surface area contributed by atoms with Gasteiger partial charge in [-0.05, 0) is 48.7 Å². The molecule has 0 fully saturated rings. The van der Waals surface area contributed by atoms with Crippen LogP contribution in [0.25, 0.3) is 10.8 Å². The van der Waals surface area contributed by atoms with Crippen LogP contribution in [0.5, 0.6) is 0 Å². The van der Waals surface area contributed by atoms with Crippen molar-refractivity contribution in [2.45, 2.75) is 52.7 Å². The van der Waals surface area contributed by atoms with Crippen LogP contribution in [-0.2, 0) is 25.5 Å². The van der Waals surface area contributed by atoms with E-state index in [0.29, 0.717) is 19.5 Å². The monoisotopic (exact) mass is 514 g/mol. The summed E-state index contributed by atoms with van der Waals surface area (Å²) >= 11 is 0. The molecule has 37 heavy (non-hydrogen) atoms. The first-order valence-corrected chi connectivity index (χ1v) is 12.7. The van der Waals surface area contributed by atoms with Gasteiger partial charge in [0.2, 0.25) is 11.8 Å². The number of fused-ring (bicyclic) bond motifs is 1. The average Bonchev–Trinajstić information content (AvgIpc) is 2.85. The van der Waals surface area contributed by atoms with Crippen molar-refractivity contribution < 1.29 is 24.3 Å². The molecular weight excluding hydrogens is 472 g/mol. The lowest BCUT2D eigenvalue weighted by molar-refractivity contribution is -0.151. The lowest BCUT2D eigenvalue weighted by Crippen LogP contribution is -2.57. The molecule has 0 aliphatic heterocycles. The zero-order chi connectivity index (χ0) is 27.6. The summed E-state index contributed by atoms with van der Waals surface area (Å²) < 4.78 is 5.77. The van der Waals surface area contributed by atoms with Gasteiger partial charge in [-0.15, -0.1) is 0 Å². The van der Waals surface area contributed by atoms with E-state index in [-0.39, 0.29) is 18.9 Å². The van der Waals surface area contributed by atoms with Gasteiger partial charge in [0.1, 0.15) is 12.1 Å². The zero-order valence-corrected chi connectivity index (χ0v) is 22.8. The van der Waals surface area contributed by atoms with Crippen LogP contribution in [0.15, 0.2) is 42.5 Å². The summed E-state index contributed by atoms with van der Waals surface area (Å²) in [5, 5.41) is 17.2. The molecule has 0 spiro atoms. The molecule has 3 amide bonds. The summed E-state index contributed by atoms with van der Waals surface area (Å²) in [5.74, 6) is -2.60. The normalized spacial score (nSPS) is 14.2. The van der Waals surface area contributed by atoms with Crippen molar-refractivity contribution in [3.63, 3.8) is 0 Å². The fourth-order valence-corrected chi connectivity index (χ4v) is 4.07. The molecule has 0 saturated heterocycles. The maximum Gasteiger partial charge on any atom is 0.273 e. The Bertz CT molecular complexity index is 1050. The van der Waals surface area contributed by atoms with E-state index < -0.39 is 35.3 Å². The summed E-state index contributed by atoms with van der Waals surface area (Å²) in [6.45, 7) is 8.82. The number of carbonyl (C=O) groups excluding carboxylic acids is 3. The van der Waals surface area contributed by atoms with E-state index in [1.807, 2.05) is 89.2 Å². The Morgan fingerprint density at radius 3 is 2.27 bits per heavy atom. The van der Waals surface area contributed by atoms with Gasteiger partial charge in [0, 0.05) is 19.7 Å². The van der Waals surface area contributed by atoms with Crippen molar-refractivity contribution in [3.05, 3.63) is 48.0 Å². The minimum atomic E-state index is -1.24. The van der Waals surface area contributed by atoms with Crippen LogP contribution in [0.3, 0.4) is 0 Å². The summed E-state index contributed by atoms with van der Waals surface area (Å²) in [6, 6.07) is 12.9. The van der Waals surface area contributed by atoms with E-state index in [1.165, 1.54) is 0 Å². The van der Waals surface area contributed by atoms with Crippen molar-refractivity contribution in [1.82, 2.24) is 21.0 Å². The smallest absolute Gasteiger partial charge is 0.273 e. The molecule has 2 aromatic carbocycles. The van der Waals surface area contributed by atoms with Crippen molar-refractivity contribution >= 4 is 28.5 Å². The van der Waals surface area contributed by atoms with Gasteiger partial charge in [-0.1, -0.05) is 70.2 Å². The third-order valence-corrected chi connectivity index (χ3v) is 6.11. The van der Waals surface area contributed by atoms with Crippen LogP contribution in [0, 0.1) is 11.3 Å². The second-order valence-corrected chi connectivity index (χ2v) is 10.7. The minimum Gasteiger partial charge on any atom is -0.367 e. The number of hydrogen-bond acceptors (Lipinski definition) is 6. The fourth-order valence-electron chi connectivity index (χ4n) is 4.07. The number of likely N-dealkylation sites (N-methyl/N-ethyl adjacent to an activating group) is 1. The molecule has 3 atom stereocenters. The van der Waals surface area contributed by atoms with Gasteiger partial charge < -0.3 is 20.3 Å². The van der Waals surface area contributed by atoms with Gasteiger partial charge in [-0.2, -0.15) is 0 Å². The second-order valence-electron chi connectivity index (χ2n) is 10.7. The number of hydrogen-bond donors (Lipinski definition) is 4. The summed E-state index contributed by atoms with van der Waals surface area (Å²) in [6.07, 6.45) is -0.440.